The van der Waals surface area contributed by atoms with Crippen molar-refractivity contribution in [2.45, 2.75) is 12.2 Å². The third-order valence-corrected chi connectivity index (χ3v) is 5.33. The van der Waals surface area contributed by atoms with Crippen molar-refractivity contribution in [2.75, 3.05) is 11.1 Å². The van der Waals surface area contributed by atoms with Gasteiger partial charge in [-0.25, -0.2) is 4.39 Å². The fraction of sp³-hybridized carbons (Fsp3) is 0.0909. The number of halogens is 5. The van der Waals surface area contributed by atoms with Gasteiger partial charge in [-0.15, -0.1) is 0 Å². The molecule has 1 unspecified atom stereocenters. The zero-order chi connectivity index (χ0) is 23.2. The van der Waals surface area contributed by atoms with Crippen molar-refractivity contribution in [3.63, 3.8) is 0 Å². The first-order valence-electron chi connectivity index (χ1n) is 9.22. The van der Waals surface area contributed by atoms with Gasteiger partial charge in [0.15, 0.2) is 0 Å². The highest BCUT2D eigenvalue weighted by Crippen LogP contribution is 2.40. The molecule has 5 nitrogen and oxygen atoms in total. The number of alkyl halides is 3. The van der Waals surface area contributed by atoms with Crippen LogP contribution in [0.5, 0.6) is 0 Å². The van der Waals surface area contributed by atoms with Gasteiger partial charge < -0.3 is 16.4 Å². The second-order valence-corrected chi connectivity index (χ2v) is 7.54. The Morgan fingerprint density at radius 3 is 2.56 bits per heavy atom. The second-order valence-electron chi connectivity index (χ2n) is 7.13. The molecular weight excluding hydrogens is 450 g/mol. The van der Waals surface area contributed by atoms with Crippen LogP contribution in [-0.2, 0) is 6.18 Å². The van der Waals surface area contributed by atoms with Crippen molar-refractivity contribution in [1.29, 1.82) is 0 Å². The maximum atomic E-state index is 13.7. The topological polar surface area (TPSA) is 84.2 Å². The Labute approximate surface area is 184 Å². The first-order valence-corrected chi connectivity index (χ1v) is 9.60. The maximum Gasteiger partial charge on any atom is 0.416 e. The number of amides is 2. The lowest BCUT2D eigenvalue weighted by molar-refractivity contribution is -0.137. The first-order chi connectivity index (χ1) is 15.0. The molecule has 10 heteroatoms. The third-order valence-electron chi connectivity index (χ3n) is 4.98. The summed E-state index contributed by atoms with van der Waals surface area (Å²) in [4.78, 5) is 25.2. The van der Waals surface area contributed by atoms with E-state index in [9.17, 15) is 27.2 Å². The van der Waals surface area contributed by atoms with Gasteiger partial charge >= 0.3 is 6.18 Å². The monoisotopic (exact) mass is 463 g/mol. The molecule has 0 bridgehead atoms. The minimum atomic E-state index is -4.82. The molecule has 164 valence electrons. The summed E-state index contributed by atoms with van der Waals surface area (Å²) in [6, 6.07) is 10.0. The zero-order valence-corrected chi connectivity index (χ0v) is 16.8. The number of nitrogens with one attached hydrogen (secondary N) is 2. The quantitative estimate of drug-likeness (QED) is 0.370. The number of carbonyl (C=O) groups is 2. The van der Waals surface area contributed by atoms with Crippen molar-refractivity contribution in [3.05, 3.63) is 93.3 Å². The number of carbonyl (C=O) groups excluding carboxylic acids is 2. The summed E-state index contributed by atoms with van der Waals surface area (Å²) in [5.74, 6) is -2.60. The number of hydrogen-bond acceptors (Lipinski definition) is 3. The lowest BCUT2D eigenvalue weighted by atomic mass is 9.96. The smallest absolute Gasteiger partial charge is 0.399 e. The molecule has 0 saturated heterocycles. The van der Waals surface area contributed by atoms with Crippen LogP contribution in [0.2, 0.25) is 5.02 Å². The lowest BCUT2D eigenvalue weighted by Crippen LogP contribution is -2.21. The van der Waals surface area contributed by atoms with Gasteiger partial charge in [-0.05, 0) is 54.1 Å². The van der Waals surface area contributed by atoms with E-state index >= 15 is 0 Å². The third kappa shape index (κ3) is 3.99. The minimum Gasteiger partial charge on any atom is -0.399 e. The number of hydrogen-bond donors (Lipinski definition) is 3. The molecule has 4 rings (SSSR count). The van der Waals surface area contributed by atoms with E-state index < -0.39 is 41.0 Å². The highest BCUT2D eigenvalue weighted by atomic mass is 35.5. The van der Waals surface area contributed by atoms with E-state index in [1.807, 2.05) is 0 Å². The van der Waals surface area contributed by atoms with Crippen LogP contribution in [0.3, 0.4) is 0 Å². The SMILES string of the molecule is Nc1ccc(Cl)c(C2NC(=O)c3cccc(NC(=O)c4cc(F)cc(C(F)(F)F)c4)c32)c1. The van der Waals surface area contributed by atoms with Crippen LogP contribution in [0.15, 0.2) is 54.6 Å². The van der Waals surface area contributed by atoms with E-state index in [1.54, 1.807) is 18.2 Å². The normalized spacial score (nSPS) is 15.3. The number of fused-ring (bicyclic) bond motifs is 1. The zero-order valence-electron chi connectivity index (χ0n) is 16.1. The van der Waals surface area contributed by atoms with Crippen LogP contribution in [0.1, 0.15) is 43.4 Å². The molecule has 3 aromatic rings. The maximum absolute atomic E-state index is 13.7. The van der Waals surface area contributed by atoms with Gasteiger partial charge in [-0.1, -0.05) is 17.7 Å². The van der Waals surface area contributed by atoms with E-state index in [0.717, 1.165) is 0 Å². The minimum absolute atomic E-state index is 0.159. The average molecular weight is 464 g/mol. The Morgan fingerprint density at radius 2 is 1.84 bits per heavy atom. The fourth-order valence-corrected chi connectivity index (χ4v) is 3.79. The summed E-state index contributed by atoms with van der Waals surface area (Å²) < 4.78 is 52.7. The number of nitrogens with two attached hydrogens (primary N) is 1. The van der Waals surface area contributed by atoms with Crippen molar-refractivity contribution >= 4 is 34.8 Å². The van der Waals surface area contributed by atoms with Crippen molar-refractivity contribution in [3.8, 4) is 0 Å². The van der Waals surface area contributed by atoms with Gasteiger partial charge in [0, 0.05) is 33.1 Å². The molecule has 32 heavy (non-hydrogen) atoms. The molecule has 0 radical (unpaired) electrons. The van der Waals surface area contributed by atoms with Crippen LogP contribution in [-0.4, -0.2) is 11.8 Å². The highest BCUT2D eigenvalue weighted by Gasteiger charge is 2.35. The Kier molecular flexibility index (Phi) is 5.29. The predicted molar refractivity (Wildman–Crippen MR) is 111 cm³/mol. The molecule has 1 heterocycles. The molecule has 3 aromatic carbocycles. The van der Waals surface area contributed by atoms with Gasteiger partial charge in [0.1, 0.15) is 5.82 Å². The Balaban J connectivity index is 1.75. The summed E-state index contributed by atoms with van der Waals surface area (Å²) in [6.45, 7) is 0. The number of rotatable bonds is 3. The average Bonchev–Trinajstić information content (AvgIpc) is 3.06. The van der Waals surface area contributed by atoms with Gasteiger partial charge in [-0.2, -0.15) is 13.2 Å². The summed E-state index contributed by atoms with van der Waals surface area (Å²) in [7, 11) is 0. The van der Waals surface area contributed by atoms with Crippen molar-refractivity contribution < 1.29 is 27.2 Å². The summed E-state index contributed by atoms with van der Waals surface area (Å²) >= 11 is 6.28. The summed E-state index contributed by atoms with van der Waals surface area (Å²) in [5, 5.41) is 5.55. The van der Waals surface area contributed by atoms with Crippen LogP contribution in [0.25, 0.3) is 0 Å². The number of anilines is 2. The molecular formula is C22H14ClF4N3O2. The molecule has 0 aliphatic carbocycles. The fourth-order valence-electron chi connectivity index (χ4n) is 3.56. The molecule has 0 spiro atoms. The first kappa shape index (κ1) is 21.6. The van der Waals surface area contributed by atoms with Crippen LogP contribution < -0.4 is 16.4 Å². The lowest BCUT2D eigenvalue weighted by Gasteiger charge is -2.18. The van der Waals surface area contributed by atoms with Gasteiger partial charge in [-0.3, -0.25) is 9.59 Å². The van der Waals surface area contributed by atoms with Crippen LogP contribution in [0.4, 0.5) is 28.9 Å². The van der Waals surface area contributed by atoms with E-state index in [4.69, 9.17) is 17.3 Å². The molecule has 1 atom stereocenters. The number of nitrogen functional groups attached to an aromatic ring is 1. The van der Waals surface area contributed by atoms with Crippen molar-refractivity contribution in [2.24, 2.45) is 0 Å². The molecule has 0 fully saturated rings. The Morgan fingerprint density at radius 1 is 1.09 bits per heavy atom. The molecule has 0 saturated carbocycles. The van der Waals surface area contributed by atoms with Crippen LogP contribution >= 0.6 is 11.6 Å². The molecule has 1 aliphatic heterocycles. The summed E-state index contributed by atoms with van der Waals surface area (Å²) in [5.41, 5.74) is 5.68. The van der Waals surface area contributed by atoms with E-state index in [0.29, 0.717) is 40.0 Å². The van der Waals surface area contributed by atoms with E-state index in [2.05, 4.69) is 10.6 Å². The molecule has 1 aliphatic rings. The molecule has 2 amide bonds. The van der Waals surface area contributed by atoms with Gasteiger partial charge in [0.25, 0.3) is 11.8 Å². The predicted octanol–water partition coefficient (Wildman–Crippen LogP) is 5.17. The Hall–Kier alpha value is -3.59. The summed E-state index contributed by atoms with van der Waals surface area (Å²) in [6.07, 6.45) is -4.82. The van der Waals surface area contributed by atoms with E-state index in [1.165, 1.54) is 18.2 Å². The number of benzene rings is 3. The Bertz CT molecular complexity index is 1260. The highest BCUT2D eigenvalue weighted by molar-refractivity contribution is 6.31. The van der Waals surface area contributed by atoms with Crippen molar-refractivity contribution in [1.82, 2.24) is 5.32 Å². The van der Waals surface area contributed by atoms with E-state index in [-0.39, 0.29) is 11.3 Å². The van der Waals surface area contributed by atoms with Gasteiger partial charge in [0.05, 0.1) is 11.6 Å². The second kappa shape index (κ2) is 7.83. The largest absolute Gasteiger partial charge is 0.416 e. The molecule has 0 aromatic heterocycles. The van der Waals surface area contributed by atoms with Gasteiger partial charge in [0.2, 0.25) is 0 Å². The van der Waals surface area contributed by atoms with Crippen LogP contribution in [0, 0.1) is 5.82 Å². The standard InChI is InChI=1S/C22H14ClF4N3O2/c23-16-5-4-13(28)9-15(16)19-18-14(21(32)30-19)2-1-3-17(18)29-20(31)10-6-11(22(25,26)27)8-12(24)7-10/h1-9,19H,28H2,(H,29,31)(H,30,32). The molecule has 4 N–H and O–H groups in total.